The summed E-state index contributed by atoms with van der Waals surface area (Å²) in [6.07, 6.45) is 39.2. The average molecular weight is 480 g/mol. The van der Waals surface area contributed by atoms with E-state index in [2.05, 4.69) is 19.0 Å². The fraction of sp³-hybridized carbons (Fsp3) is 0.969. The standard InChI is InChI=1S/C32H65NO/c1-4-6-8-10-12-14-15-16-17-18-19-20-21-23-25-27-29-31-32(33-34-3)30-28-26-24-22-13-11-9-7-5-2/h4-31H2,1-3H3. The van der Waals surface area contributed by atoms with E-state index in [1.54, 1.807) is 7.11 Å². The van der Waals surface area contributed by atoms with E-state index >= 15 is 0 Å². The molecule has 0 radical (unpaired) electrons. The molecule has 0 heterocycles. The summed E-state index contributed by atoms with van der Waals surface area (Å²) in [5, 5.41) is 4.32. The molecule has 0 rings (SSSR count). The second-order valence-electron chi connectivity index (χ2n) is 10.8. The van der Waals surface area contributed by atoms with Crippen molar-refractivity contribution in [2.75, 3.05) is 7.11 Å². The molecule has 204 valence electrons. The number of oxime groups is 1. The Balaban J connectivity index is 3.36. The first-order valence-corrected chi connectivity index (χ1v) is 15.9. The predicted octanol–water partition coefficient (Wildman–Crippen LogP) is 12.0. The lowest BCUT2D eigenvalue weighted by Gasteiger charge is -2.07. The summed E-state index contributed by atoms with van der Waals surface area (Å²) >= 11 is 0. The molecule has 0 saturated heterocycles. The van der Waals surface area contributed by atoms with Gasteiger partial charge in [0.15, 0.2) is 0 Å². The minimum absolute atomic E-state index is 1.14. The summed E-state index contributed by atoms with van der Waals surface area (Å²) in [6.45, 7) is 4.59. The molecule has 0 atom stereocenters. The van der Waals surface area contributed by atoms with Gasteiger partial charge in [-0.1, -0.05) is 173 Å². The summed E-state index contributed by atoms with van der Waals surface area (Å²) in [7, 11) is 1.70. The van der Waals surface area contributed by atoms with Gasteiger partial charge in [0.1, 0.15) is 7.11 Å². The molecule has 0 spiro atoms. The molecule has 0 amide bonds. The fourth-order valence-electron chi connectivity index (χ4n) is 5.04. The number of nitrogens with zero attached hydrogens (tertiary/aromatic N) is 1. The molecule has 0 aliphatic rings. The van der Waals surface area contributed by atoms with Crippen LogP contribution in [0, 0.1) is 0 Å². The van der Waals surface area contributed by atoms with Gasteiger partial charge < -0.3 is 4.84 Å². The molecule has 0 aromatic rings. The van der Waals surface area contributed by atoms with Crippen LogP contribution in [0.4, 0.5) is 0 Å². The summed E-state index contributed by atoms with van der Waals surface area (Å²) < 4.78 is 0. The largest absolute Gasteiger partial charge is 0.399 e. The summed E-state index contributed by atoms with van der Waals surface area (Å²) in [5.41, 5.74) is 1.30. The van der Waals surface area contributed by atoms with Gasteiger partial charge in [-0.3, -0.25) is 0 Å². The van der Waals surface area contributed by atoms with Crippen molar-refractivity contribution < 1.29 is 4.84 Å². The maximum Gasteiger partial charge on any atom is 0.106 e. The molecule has 0 aromatic heterocycles. The number of rotatable bonds is 29. The van der Waals surface area contributed by atoms with Gasteiger partial charge in [-0.15, -0.1) is 0 Å². The molecule has 0 aliphatic heterocycles. The fourth-order valence-corrected chi connectivity index (χ4v) is 5.04. The van der Waals surface area contributed by atoms with E-state index in [1.807, 2.05) is 0 Å². The van der Waals surface area contributed by atoms with Crippen molar-refractivity contribution in [2.45, 2.75) is 194 Å². The third-order valence-corrected chi connectivity index (χ3v) is 7.36. The highest BCUT2D eigenvalue weighted by Gasteiger charge is 2.02. The number of unbranched alkanes of at least 4 members (excludes halogenated alkanes) is 24. The lowest BCUT2D eigenvalue weighted by molar-refractivity contribution is 0.211. The number of hydrogen-bond acceptors (Lipinski definition) is 2. The highest BCUT2D eigenvalue weighted by molar-refractivity contribution is 5.83. The molecular formula is C32H65NO. The lowest BCUT2D eigenvalue weighted by Crippen LogP contribution is -2.00. The van der Waals surface area contributed by atoms with Crippen LogP contribution in [0.15, 0.2) is 5.16 Å². The summed E-state index contributed by atoms with van der Waals surface area (Å²) in [6, 6.07) is 0. The molecule has 0 aromatic carbocycles. The highest BCUT2D eigenvalue weighted by Crippen LogP contribution is 2.16. The van der Waals surface area contributed by atoms with Gasteiger partial charge in [0.2, 0.25) is 0 Å². The number of hydrogen-bond donors (Lipinski definition) is 0. The van der Waals surface area contributed by atoms with Gasteiger partial charge in [-0.25, -0.2) is 0 Å². The Hall–Kier alpha value is -0.530. The maximum atomic E-state index is 5.11. The zero-order chi connectivity index (χ0) is 24.8. The monoisotopic (exact) mass is 480 g/mol. The van der Waals surface area contributed by atoms with E-state index in [1.165, 1.54) is 173 Å². The molecule has 0 N–H and O–H groups in total. The van der Waals surface area contributed by atoms with Crippen LogP contribution in [0.5, 0.6) is 0 Å². The van der Waals surface area contributed by atoms with Crippen LogP contribution in [-0.2, 0) is 4.84 Å². The van der Waals surface area contributed by atoms with Crippen LogP contribution in [0.2, 0.25) is 0 Å². The third-order valence-electron chi connectivity index (χ3n) is 7.36. The Kier molecular flexibility index (Phi) is 30.0. The zero-order valence-corrected chi connectivity index (χ0v) is 24.2. The zero-order valence-electron chi connectivity index (χ0n) is 24.2. The van der Waals surface area contributed by atoms with Gasteiger partial charge in [0, 0.05) is 0 Å². The van der Waals surface area contributed by atoms with Gasteiger partial charge in [-0.05, 0) is 25.7 Å². The van der Waals surface area contributed by atoms with Gasteiger partial charge in [0.25, 0.3) is 0 Å². The Morgan fingerprint density at radius 2 is 0.618 bits per heavy atom. The molecule has 34 heavy (non-hydrogen) atoms. The molecule has 0 aliphatic carbocycles. The Bertz CT molecular complexity index is 392. The van der Waals surface area contributed by atoms with Crippen molar-refractivity contribution in [3.63, 3.8) is 0 Å². The second kappa shape index (κ2) is 30.5. The van der Waals surface area contributed by atoms with Gasteiger partial charge >= 0.3 is 0 Å². The Labute approximate surface area is 216 Å². The van der Waals surface area contributed by atoms with E-state index in [-0.39, 0.29) is 0 Å². The Morgan fingerprint density at radius 3 is 0.853 bits per heavy atom. The van der Waals surface area contributed by atoms with Crippen molar-refractivity contribution in [1.29, 1.82) is 0 Å². The van der Waals surface area contributed by atoms with E-state index in [0.717, 1.165) is 12.8 Å². The van der Waals surface area contributed by atoms with Crippen LogP contribution >= 0.6 is 0 Å². The van der Waals surface area contributed by atoms with Gasteiger partial charge in [-0.2, -0.15) is 0 Å². The van der Waals surface area contributed by atoms with Crippen molar-refractivity contribution >= 4 is 5.71 Å². The first-order valence-electron chi connectivity index (χ1n) is 15.9. The minimum atomic E-state index is 1.14. The molecule has 0 unspecified atom stereocenters. The molecule has 0 saturated carbocycles. The van der Waals surface area contributed by atoms with Crippen LogP contribution in [0.25, 0.3) is 0 Å². The van der Waals surface area contributed by atoms with Crippen molar-refractivity contribution in [3.05, 3.63) is 0 Å². The van der Waals surface area contributed by atoms with Crippen LogP contribution in [0.3, 0.4) is 0 Å². The maximum absolute atomic E-state index is 5.11. The van der Waals surface area contributed by atoms with Crippen molar-refractivity contribution in [2.24, 2.45) is 5.16 Å². The summed E-state index contributed by atoms with van der Waals surface area (Å²) in [5.74, 6) is 0. The highest BCUT2D eigenvalue weighted by atomic mass is 16.6. The van der Waals surface area contributed by atoms with Crippen molar-refractivity contribution in [3.8, 4) is 0 Å². The van der Waals surface area contributed by atoms with Gasteiger partial charge in [0.05, 0.1) is 5.71 Å². The molecule has 2 nitrogen and oxygen atoms in total. The van der Waals surface area contributed by atoms with E-state index in [4.69, 9.17) is 4.84 Å². The van der Waals surface area contributed by atoms with E-state index in [9.17, 15) is 0 Å². The smallest absolute Gasteiger partial charge is 0.106 e. The topological polar surface area (TPSA) is 21.6 Å². The SMILES string of the molecule is CCCCCCCCCCCCCCCCCCCC(CCCCCCCCCCC)=NOC. The first-order chi connectivity index (χ1) is 16.8. The predicted molar refractivity (Wildman–Crippen MR) is 155 cm³/mol. The second-order valence-corrected chi connectivity index (χ2v) is 10.8. The van der Waals surface area contributed by atoms with Crippen LogP contribution in [-0.4, -0.2) is 12.8 Å². The molecule has 0 bridgehead atoms. The quantitative estimate of drug-likeness (QED) is 0.0593. The molecule has 2 heteroatoms. The van der Waals surface area contributed by atoms with Crippen molar-refractivity contribution in [1.82, 2.24) is 0 Å². The van der Waals surface area contributed by atoms with Crippen LogP contribution < -0.4 is 0 Å². The molecular weight excluding hydrogens is 414 g/mol. The Morgan fingerprint density at radius 1 is 0.382 bits per heavy atom. The minimum Gasteiger partial charge on any atom is -0.399 e. The lowest BCUT2D eigenvalue weighted by atomic mass is 10.0. The molecule has 0 fully saturated rings. The summed E-state index contributed by atoms with van der Waals surface area (Å²) in [4.78, 5) is 5.11. The van der Waals surface area contributed by atoms with Crippen LogP contribution in [0.1, 0.15) is 194 Å². The van der Waals surface area contributed by atoms with E-state index in [0.29, 0.717) is 0 Å². The first kappa shape index (κ1) is 33.5. The third kappa shape index (κ3) is 27.7. The average Bonchev–Trinajstić information content (AvgIpc) is 2.84. The normalized spacial score (nSPS) is 11.9. The van der Waals surface area contributed by atoms with E-state index < -0.39 is 0 Å².